The van der Waals surface area contributed by atoms with E-state index in [1.54, 1.807) is 18.9 Å². The van der Waals surface area contributed by atoms with Crippen molar-refractivity contribution in [3.8, 4) is 0 Å². The Morgan fingerprint density at radius 1 is 1.55 bits per heavy atom. The number of aliphatic hydroxyl groups is 1. The summed E-state index contributed by atoms with van der Waals surface area (Å²) < 4.78 is 0. The maximum atomic E-state index is 12.0. The zero-order chi connectivity index (χ0) is 16.3. The Morgan fingerprint density at radius 3 is 2.77 bits per heavy atom. The van der Waals surface area contributed by atoms with Crippen LogP contribution in [0.2, 0.25) is 0 Å². The average molecular weight is 307 g/mol. The van der Waals surface area contributed by atoms with Crippen molar-refractivity contribution in [3.63, 3.8) is 0 Å². The van der Waals surface area contributed by atoms with Gasteiger partial charge in [-0.05, 0) is 44.4 Å². The molecule has 1 amide bonds. The normalized spacial score (nSPS) is 15.6. The van der Waals surface area contributed by atoms with Crippen LogP contribution in [0.25, 0.3) is 0 Å². The van der Waals surface area contributed by atoms with Crippen molar-refractivity contribution >= 4 is 17.3 Å². The monoisotopic (exact) mass is 307 g/mol. The molecular formula is C15H21N3O4. The summed E-state index contributed by atoms with van der Waals surface area (Å²) in [5.41, 5.74) is 1.20. The summed E-state index contributed by atoms with van der Waals surface area (Å²) in [4.78, 5) is 24.0. The molecule has 0 bridgehead atoms. The number of aryl methyl sites for hydroxylation is 1. The number of benzene rings is 1. The van der Waals surface area contributed by atoms with Gasteiger partial charge < -0.3 is 10.4 Å². The van der Waals surface area contributed by atoms with E-state index in [0.717, 1.165) is 12.8 Å². The summed E-state index contributed by atoms with van der Waals surface area (Å²) in [5, 5.41) is 23.3. The van der Waals surface area contributed by atoms with Crippen molar-refractivity contribution in [2.75, 3.05) is 25.5 Å². The molecule has 120 valence electrons. The van der Waals surface area contributed by atoms with E-state index >= 15 is 0 Å². The van der Waals surface area contributed by atoms with Crippen molar-refractivity contribution < 1.29 is 14.8 Å². The largest absolute Gasteiger partial charge is 0.392 e. The number of hydrogen-bond donors (Lipinski definition) is 2. The number of amides is 1. The van der Waals surface area contributed by atoms with Crippen molar-refractivity contribution in [2.45, 2.75) is 25.9 Å². The van der Waals surface area contributed by atoms with E-state index in [1.807, 2.05) is 0 Å². The molecule has 1 aromatic carbocycles. The third-order valence-corrected chi connectivity index (χ3v) is 3.77. The number of nitrogens with zero attached hydrogens (tertiary/aromatic N) is 2. The molecular weight excluding hydrogens is 286 g/mol. The minimum Gasteiger partial charge on any atom is -0.392 e. The SMILES string of the molecule is Cc1cc([N+](=O)[O-])ccc1NC(=O)CN(C)CC(O)C1CC1. The smallest absolute Gasteiger partial charge is 0.269 e. The van der Waals surface area contributed by atoms with Crippen LogP contribution in [0, 0.1) is 23.0 Å². The minimum atomic E-state index is -0.467. The topological polar surface area (TPSA) is 95.7 Å². The Labute approximate surface area is 129 Å². The first kappa shape index (κ1) is 16.4. The third-order valence-electron chi connectivity index (χ3n) is 3.77. The van der Waals surface area contributed by atoms with Gasteiger partial charge in [-0.15, -0.1) is 0 Å². The highest BCUT2D eigenvalue weighted by molar-refractivity contribution is 5.93. The summed E-state index contributed by atoms with van der Waals surface area (Å²) in [6.07, 6.45) is 1.74. The predicted octanol–water partition coefficient (Wildman–Crippen LogP) is 1.54. The number of rotatable bonds is 7. The van der Waals surface area contributed by atoms with Gasteiger partial charge in [0.2, 0.25) is 5.91 Å². The molecule has 1 aromatic rings. The zero-order valence-electron chi connectivity index (χ0n) is 12.8. The van der Waals surface area contributed by atoms with E-state index in [9.17, 15) is 20.0 Å². The number of carbonyl (C=O) groups excluding carboxylic acids is 1. The molecule has 1 unspecified atom stereocenters. The van der Waals surface area contributed by atoms with E-state index in [2.05, 4.69) is 5.32 Å². The number of likely N-dealkylation sites (N-methyl/N-ethyl adjacent to an activating group) is 1. The first-order valence-corrected chi connectivity index (χ1v) is 7.28. The number of carbonyl (C=O) groups is 1. The van der Waals surface area contributed by atoms with E-state index < -0.39 is 4.92 Å². The molecule has 0 aliphatic heterocycles. The van der Waals surface area contributed by atoms with Crippen LogP contribution in [0.15, 0.2) is 18.2 Å². The van der Waals surface area contributed by atoms with Gasteiger partial charge in [0.1, 0.15) is 0 Å². The van der Waals surface area contributed by atoms with Gasteiger partial charge in [0.05, 0.1) is 17.6 Å². The molecule has 1 fully saturated rings. The summed E-state index contributed by atoms with van der Waals surface area (Å²) in [7, 11) is 1.79. The molecule has 0 heterocycles. The molecule has 0 spiro atoms. The Balaban J connectivity index is 1.87. The lowest BCUT2D eigenvalue weighted by Gasteiger charge is -2.20. The van der Waals surface area contributed by atoms with Crippen LogP contribution in [0.1, 0.15) is 18.4 Å². The van der Waals surface area contributed by atoms with Crippen molar-refractivity contribution in [3.05, 3.63) is 33.9 Å². The third kappa shape index (κ3) is 4.51. The predicted molar refractivity (Wildman–Crippen MR) is 82.7 cm³/mol. The molecule has 2 rings (SSSR count). The standard InChI is InChI=1S/C15H21N3O4/c1-10-7-12(18(21)22)5-6-13(10)16-15(20)9-17(2)8-14(19)11-3-4-11/h5-7,11,14,19H,3-4,8-9H2,1-2H3,(H,16,20). The van der Waals surface area contributed by atoms with E-state index in [4.69, 9.17) is 0 Å². The lowest BCUT2D eigenvalue weighted by atomic mass is 10.2. The number of nitro benzene ring substituents is 1. The zero-order valence-corrected chi connectivity index (χ0v) is 12.8. The Bertz CT molecular complexity index is 572. The van der Waals surface area contributed by atoms with Crippen LogP contribution >= 0.6 is 0 Å². The summed E-state index contributed by atoms with van der Waals surface area (Å²) in [5.74, 6) is 0.171. The number of nitro groups is 1. The molecule has 1 aliphatic carbocycles. The molecule has 2 N–H and O–H groups in total. The number of anilines is 1. The van der Waals surface area contributed by atoms with Crippen molar-refractivity contribution in [1.29, 1.82) is 0 Å². The van der Waals surface area contributed by atoms with Gasteiger partial charge >= 0.3 is 0 Å². The second-order valence-corrected chi connectivity index (χ2v) is 5.91. The molecule has 7 nitrogen and oxygen atoms in total. The van der Waals surface area contributed by atoms with Gasteiger partial charge in [-0.2, -0.15) is 0 Å². The lowest BCUT2D eigenvalue weighted by Crippen LogP contribution is -2.36. The molecule has 1 aliphatic rings. The van der Waals surface area contributed by atoms with Crippen LogP contribution in [-0.4, -0.2) is 47.1 Å². The van der Waals surface area contributed by atoms with Crippen LogP contribution < -0.4 is 5.32 Å². The first-order valence-electron chi connectivity index (χ1n) is 7.28. The van der Waals surface area contributed by atoms with Gasteiger partial charge in [0.15, 0.2) is 0 Å². The van der Waals surface area contributed by atoms with Crippen LogP contribution in [-0.2, 0) is 4.79 Å². The number of aliphatic hydroxyl groups excluding tert-OH is 1. The van der Waals surface area contributed by atoms with Gasteiger partial charge in [0, 0.05) is 24.4 Å². The first-order chi connectivity index (χ1) is 10.4. The lowest BCUT2D eigenvalue weighted by molar-refractivity contribution is -0.384. The molecule has 0 aromatic heterocycles. The van der Waals surface area contributed by atoms with Crippen LogP contribution in [0.5, 0.6) is 0 Å². The second-order valence-electron chi connectivity index (χ2n) is 5.91. The fourth-order valence-corrected chi connectivity index (χ4v) is 2.35. The van der Waals surface area contributed by atoms with Crippen molar-refractivity contribution in [2.24, 2.45) is 5.92 Å². The number of nitrogens with one attached hydrogen (secondary N) is 1. The Kier molecular flexibility index (Phi) is 5.10. The highest BCUT2D eigenvalue weighted by Crippen LogP contribution is 2.32. The molecule has 0 saturated heterocycles. The maximum absolute atomic E-state index is 12.0. The summed E-state index contributed by atoms with van der Waals surface area (Å²) >= 11 is 0. The molecule has 7 heteroatoms. The van der Waals surface area contributed by atoms with E-state index in [1.165, 1.54) is 18.2 Å². The summed E-state index contributed by atoms with van der Waals surface area (Å²) in [6.45, 7) is 2.35. The summed E-state index contributed by atoms with van der Waals surface area (Å²) in [6, 6.07) is 4.32. The molecule has 1 saturated carbocycles. The fourth-order valence-electron chi connectivity index (χ4n) is 2.35. The fraction of sp³-hybridized carbons (Fsp3) is 0.533. The Hall–Kier alpha value is -1.99. The van der Waals surface area contributed by atoms with Crippen molar-refractivity contribution in [1.82, 2.24) is 4.90 Å². The quantitative estimate of drug-likeness (QED) is 0.588. The Morgan fingerprint density at radius 2 is 2.23 bits per heavy atom. The van der Waals surface area contributed by atoms with E-state index in [-0.39, 0.29) is 24.2 Å². The second kappa shape index (κ2) is 6.85. The van der Waals surface area contributed by atoms with Crippen LogP contribution in [0.4, 0.5) is 11.4 Å². The number of non-ortho nitro benzene ring substituents is 1. The maximum Gasteiger partial charge on any atom is 0.269 e. The van der Waals surface area contributed by atoms with Gasteiger partial charge in [0.25, 0.3) is 5.69 Å². The van der Waals surface area contributed by atoms with Crippen LogP contribution in [0.3, 0.4) is 0 Å². The van der Waals surface area contributed by atoms with Gasteiger partial charge in [-0.1, -0.05) is 0 Å². The van der Waals surface area contributed by atoms with Gasteiger partial charge in [-0.3, -0.25) is 19.8 Å². The highest BCUT2D eigenvalue weighted by atomic mass is 16.6. The average Bonchev–Trinajstić information content (AvgIpc) is 3.24. The highest BCUT2D eigenvalue weighted by Gasteiger charge is 2.30. The van der Waals surface area contributed by atoms with E-state index in [0.29, 0.717) is 23.7 Å². The number of hydrogen-bond acceptors (Lipinski definition) is 5. The molecule has 22 heavy (non-hydrogen) atoms. The molecule has 0 radical (unpaired) electrons. The van der Waals surface area contributed by atoms with Gasteiger partial charge in [-0.25, -0.2) is 0 Å². The molecule has 1 atom stereocenters. The minimum absolute atomic E-state index is 0.000160.